The average molecular weight is 305 g/mol. The Morgan fingerprint density at radius 1 is 1.29 bits per heavy atom. The van der Waals surface area contributed by atoms with E-state index in [1.165, 1.54) is 0 Å². The SMILES string of the molecule is Cc1ccc(N(C(=O)COc2nc(C)ns2)C(C)C)cc1. The van der Waals surface area contributed by atoms with Gasteiger partial charge in [0.25, 0.3) is 11.1 Å². The summed E-state index contributed by atoms with van der Waals surface area (Å²) in [5.41, 5.74) is 2.04. The van der Waals surface area contributed by atoms with Gasteiger partial charge in [-0.3, -0.25) is 4.79 Å². The molecule has 5 nitrogen and oxygen atoms in total. The van der Waals surface area contributed by atoms with Gasteiger partial charge in [0.1, 0.15) is 5.82 Å². The number of rotatable bonds is 5. The summed E-state index contributed by atoms with van der Waals surface area (Å²) < 4.78 is 9.44. The van der Waals surface area contributed by atoms with Gasteiger partial charge >= 0.3 is 0 Å². The van der Waals surface area contributed by atoms with E-state index >= 15 is 0 Å². The van der Waals surface area contributed by atoms with Gasteiger partial charge in [-0.15, -0.1) is 0 Å². The number of hydrogen-bond acceptors (Lipinski definition) is 5. The van der Waals surface area contributed by atoms with E-state index in [-0.39, 0.29) is 18.6 Å². The second-order valence-electron chi connectivity index (χ2n) is 5.09. The molecule has 6 heteroatoms. The summed E-state index contributed by atoms with van der Waals surface area (Å²) in [6, 6.07) is 7.94. The van der Waals surface area contributed by atoms with E-state index in [4.69, 9.17) is 4.74 Å². The van der Waals surface area contributed by atoms with E-state index in [0.29, 0.717) is 11.0 Å². The van der Waals surface area contributed by atoms with Crippen LogP contribution in [0.2, 0.25) is 0 Å². The molecule has 0 saturated heterocycles. The number of aryl methyl sites for hydroxylation is 2. The number of nitrogens with zero attached hydrogens (tertiary/aromatic N) is 3. The Labute approximate surface area is 128 Å². The quantitative estimate of drug-likeness (QED) is 0.852. The lowest BCUT2D eigenvalue weighted by molar-refractivity contribution is -0.120. The Bertz CT molecular complexity index is 608. The van der Waals surface area contributed by atoms with Gasteiger partial charge in [0, 0.05) is 23.3 Å². The van der Waals surface area contributed by atoms with Gasteiger partial charge < -0.3 is 9.64 Å². The molecule has 1 amide bonds. The van der Waals surface area contributed by atoms with Crippen LogP contribution < -0.4 is 9.64 Å². The topological polar surface area (TPSA) is 55.3 Å². The Balaban J connectivity index is 2.07. The molecule has 0 radical (unpaired) electrons. The van der Waals surface area contributed by atoms with E-state index in [1.54, 1.807) is 11.8 Å². The highest BCUT2D eigenvalue weighted by Gasteiger charge is 2.20. The Kier molecular flexibility index (Phi) is 4.90. The number of carbonyl (C=O) groups excluding carboxylic acids is 1. The van der Waals surface area contributed by atoms with Gasteiger partial charge in [-0.2, -0.15) is 9.36 Å². The van der Waals surface area contributed by atoms with Crippen LogP contribution in [0, 0.1) is 13.8 Å². The van der Waals surface area contributed by atoms with Crippen LogP contribution in [0.25, 0.3) is 0 Å². The monoisotopic (exact) mass is 305 g/mol. The zero-order valence-electron chi connectivity index (χ0n) is 12.7. The van der Waals surface area contributed by atoms with E-state index < -0.39 is 0 Å². The number of anilines is 1. The van der Waals surface area contributed by atoms with Crippen molar-refractivity contribution in [3.05, 3.63) is 35.7 Å². The van der Waals surface area contributed by atoms with Crippen LogP contribution in [0.1, 0.15) is 25.2 Å². The van der Waals surface area contributed by atoms with Crippen molar-refractivity contribution in [3.63, 3.8) is 0 Å². The van der Waals surface area contributed by atoms with Crippen molar-refractivity contribution < 1.29 is 9.53 Å². The highest BCUT2D eigenvalue weighted by molar-refractivity contribution is 7.07. The fraction of sp³-hybridized carbons (Fsp3) is 0.400. The lowest BCUT2D eigenvalue weighted by Crippen LogP contribution is -2.40. The first-order valence-corrected chi connectivity index (χ1v) is 7.56. The van der Waals surface area contributed by atoms with Crippen LogP contribution in [-0.2, 0) is 4.79 Å². The van der Waals surface area contributed by atoms with Crippen molar-refractivity contribution in [1.29, 1.82) is 0 Å². The van der Waals surface area contributed by atoms with Crippen molar-refractivity contribution in [2.75, 3.05) is 11.5 Å². The molecular weight excluding hydrogens is 286 g/mol. The number of carbonyl (C=O) groups is 1. The Hall–Kier alpha value is -1.95. The lowest BCUT2D eigenvalue weighted by atomic mass is 10.2. The van der Waals surface area contributed by atoms with Crippen molar-refractivity contribution in [1.82, 2.24) is 9.36 Å². The summed E-state index contributed by atoms with van der Waals surface area (Å²) in [5, 5.41) is 0.425. The Morgan fingerprint density at radius 3 is 2.48 bits per heavy atom. The van der Waals surface area contributed by atoms with Crippen LogP contribution in [0.3, 0.4) is 0 Å². The number of amides is 1. The molecule has 1 aromatic carbocycles. The van der Waals surface area contributed by atoms with Crippen LogP contribution in [0.15, 0.2) is 24.3 Å². The van der Waals surface area contributed by atoms with E-state index in [0.717, 1.165) is 22.8 Å². The first-order valence-electron chi connectivity index (χ1n) is 6.79. The molecule has 2 rings (SSSR count). The van der Waals surface area contributed by atoms with Crippen molar-refractivity contribution >= 4 is 23.1 Å². The summed E-state index contributed by atoms with van der Waals surface area (Å²) in [6.07, 6.45) is 0. The molecule has 0 unspecified atom stereocenters. The number of benzene rings is 1. The lowest BCUT2D eigenvalue weighted by Gasteiger charge is -2.26. The zero-order valence-corrected chi connectivity index (χ0v) is 13.5. The smallest absolute Gasteiger partial charge is 0.293 e. The third-order valence-electron chi connectivity index (χ3n) is 2.93. The van der Waals surface area contributed by atoms with Gasteiger partial charge in [0.15, 0.2) is 6.61 Å². The van der Waals surface area contributed by atoms with Crippen molar-refractivity contribution in [2.45, 2.75) is 33.7 Å². The van der Waals surface area contributed by atoms with E-state index in [2.05, 4.69) is 9.36 Å². The first-order chi connectivity index (χ1) is 9.97. The summed E-state index contributed by atoms with van der Waals surface area (Å²) in [4.78, 5) is 18.2. The highest BCUT2D eigenvalue weighted by Crippen LogP contribution is 2.19. The third kappa shape index (κ3) is 4.01. The molecule has 0 aliphatic carbocycles. The number of aromatic nitrogens is 2. The maximum absolute atomic E-state index is 12.4. The van der Waals surface area contributed by atoms with Crippen LogP contribution in [0.4, 0.5) is 5.69 Å². The van der Waals surface area contributed by atoms with Gasteiger partial charge in [-0.1, -0.05) is 17.7 Å². The zero-order chi connectivity index (χ0) is 15.4. The molecule has 1 aromatic heterocycles. The second-order valence-corrected chi connectivity index (χ2v) is 5.80. The Morgan fingerprint density at radius 2 is 1.95 bits per heavy atom. The van der Waals surface area contributed by atoms with Gasteiger partial charge in [0.05, 0.1) is 0 Å². The fourth-order valence-electron chi connectivity index (χ4n) is 1.97. The molecule has 0 N–H and O–H groups in total. The molecule has 0 bridgehead atoms. The molecule has 0 atom stereocenters. The maximum atomic E-state index is 12.4. The molecule has 0 saturated carbocycles. The van der Waals surface area contributed by atoms with Gasteiger partial charge in [-0.05, 0) is 39.8 Å². The molecule has 0 aliphatic heterocycles. The molecule has 21 heavy (non-hydrogen) atoms. The van der Waals surface area contributed by atoms with Crippen molar-refractivity contribution in [2.24, 2.45) is 0 Å². The number of ether oxygens (including phenoxy) is 1. The molecule has 1 heterocycles. The maximum Gasteiger partial charge on any atom is 0.293 e. The molecule has 0 aliphatic rings. The average Bonchev–Trinajstić information content (AvgIpc) is 2.84. The number of hydrogen-bond donors (Lipinski definition) is 0. The summed E-state index contributed by atoms with van der Waals surface area (Å²) in [7, 11) is 0. The van der Waals surface area contributed by atoms with Gasteiger partial charge in [-0.25, -0.2) is 0 Å². The first kappa shape index (κ1) is 15.4. The summed E-state index contributed by atoms with van der Waals surface area (Å²) in [6.45, 7) is 7.73. The molecule has 0 fully saturated rings. The van der Waals surface area contributed by atoms with Crippen LogP contribution in [0.5, 0.6) is 5.19 Å². The summed E-state index contributed by atoms with van der Waals surface area (Å²) >= 11 is 1.16. The predicted octanol–water partition coefficient (Wildman–Crippen LogP) is 2.98. The van der Waals surface area contributed by atoms with Crippen LogP contribution in [-0.4, -0.2) is 27.9 Å². The van der Waals surface area contributed by atoms with E-state index in [1.807, 2.05) is 45.0 Å². The summed E-state index contributed by atoms with van der Waals surface area (Å²) in [5.74, 6) is 0.559. The largest absolute Gasteiger partial charge is 0.459 e. The molecule has 112 valence electrons. The van der Waals surface area contributed by atoms with Crippen molar-refractivity contribution in [3.8, 4) is 5.19 Å². The minimum Gasteiger partial charge on any atom is -0.459 e. The third-order valence-corrected chi connectivity index (χ3v) is 3.65. The normalized spacial score (nSPS) is 10.7. The predicted molar refractivity (Wildman–Crippen MR) is 83.9 cm³/mol. The fourth-order valence-corrected chi connectivity index (χ4v) is 2.50. The molecule has 2 aromatic rings. The highest BCUT2D eigenvalue weighted by atomic mass is 32.1. The minimum absolute atomic E-state index is 0.0410. The molecular formula is C15H19N3O2S. The second kappa shape index (κ2) is 6.67. The standard InChI is InChI=1S/C15H19N3O2S/c1-10(2)18(13-7-5-11(3)6-8-13)14(19)9-20-15-16-12(4)17-21-15/h5-8,10H,9H2,1-4H3. The van der Waals surface area contributed by atoms with Crippen LogP contribution >= 0.6 is 11.5 Å². The van der Waals surface area contributed by atoms with Gasteiger partial charge in [0.2, 0.25) is 0 Å². The van der Waals surface area contributed by atoms with E-state index in [9.17, 15) is 4.79 Å². The minimum atomic E-state index is -0.0956. The molecule has 0 spiro atoms.